The van der Waals surface area contributed by atoms with Crippen molar-refractivity contribution >= 4 is 28.6 Å². The molecule has 1 heterocycles. The minimum absolute atomic E-state index is 0.372. The Labute approximate surface area is 171 Å². The highest BCUT2D eigenvalue weighted by Crippen LogP contribution is 2.41. The van der Waals surface area contributed by atoms with Gasteiger partial charge in [-0.25, -0.2) is 4.79 Å². The molecule has 0 spiro atoms. The second kappa shape index (κ2) is 8.19. The third kappa shape index (κ3) is 3.69. The van der Waals surface area contributed by atoms with Crippen LogP contribution in [-0.4, -0.2) is 29.1 Å². The summed E-state index contributed by atoms with van der Waals surface area (Å²) in [6, 6.07) is 11.8. The number of benzene rings is 2. The lowest BCUT2D eigenvalue weighted by atomic mass is 9.96. The number of pyridine rings is 1. The summed E-state index contributed by atoms with van der Waals surface area (Å²) < 4.78 is 5.98. The number of amides is 1. The first-order valence-corrected chi connectivity index (χ1v) is 9.88. The molecule has 0 aliphatic rings. The Hall–Kier alpha value is -2.59. The van der Waals surface area contributed by atoms with Gasteiger partial charge in [0.2, 0.25) is 0 Å². The van der Waals surface area contributed by atoms with Crippen LogP contribution in [0.3, 0.4) is 0 Å². The van der Waals surface area contributed by atoms with Crippen LogP contribution in [-0.2, 0) is 0 Å². The zero-order valence-corrected chi connectivity index (χ0v) is 17.7. The van der Waals surface area contributed by atoms with Gasteiger partial charge in [0.25, 0.3) is 0 Å². The lowest BCUT2D eigenvalue weighted by Gasteiger charge is -2.22. The lowest BCUT2D eigenvalue weighted by Crippen LogP contribution is -2.33. The van der Waals surface area contributed by atoms with Crippen LogP contribution >= 0.6 is 11.6 Å². The van der Waals surface area contributed by atoms with E-state index in [1.807, 2.05) is 71.0 Å². The van der Waals surface area contributed by atoms with Crippen molar-refractivity contribution in [2.24, 2.45) is 0 Å². The molecular weight excluding hydrogens is 372 g/mol. The molecule has 4 nitrogen and oxygen atoms in total. The molecule has 0 bridgehead atoms. The number of carbonyl (C=O) groups is 1. The Morgan fingerprint density at radius 1 is 1.07 bits per heavy atom. The number of halogens is 1. The van der Waals surface area contributed by atoms with Crippen LogP contribution < -0.4 is 4.74 Å². The predicted molar refractivity (Wildman–Crippen MR) is 115 cm³/mol. The second-order valence-corrected chi connectivity index (χ2v) is 7.28. The quantitative estimate of drug-likeness (QED) is 0.518. The van der Waals surface area contributed by atoms with Crippen LogP contribution in [0.2, 0.25) is 5.02 Å². The number of fused-ring (bicyclic) bond motifs is 1. The summed E-state index contributed by atoms with van der Waals surface area (Å²) >= 11 is 6.40. The van der Waals surface area contributed by atoms with Gasteiger partial charge >= 0.3 is 6.09 Å². The maximum Gasteiger partial charge on any atom is 0.415 e. The van der Waals surface area contributed by atoms with Crippen LogP contribution in [0.1, 0.15) is 30.7 Å². The van der Waals surface area contributed by atoms with E-state index in [-0.39, 0.29) is 6.09 Å². The van der Waals surface area contributed by atoms with E-state index in [1.54, 1.807) is 4.90 Å². The SMILES string of the molecule is CCN(CC)C(=O)Oc1c(-c2ccccc2C)c(C)nc2cc(C)c(Cl)cc12. The average Bonchev–Trinajstić information content (AvgIpc) is 2.65. The highest BCUT2D eigenvalue weighted by atomic mass is 35.5. The monoisotopic (exact) mass is 396 g/mol. The van der Waals surface area contributed by atoms with Crippen LogP contribution in [0.5, 0.6) is 5.75 Å². The molecule has 0 saturated carbocycles. The van der Waals surface area contributed by atoms with Crippen LogP contribution in [0, 0.1) is 20.8 Å². The number of nitrogens with zero attached hydrogens (tertiary/aromatic N) is 2. The molecule has 1 aromatic heterocycles. The van der Waals surface area contributed by atoms with Gasteiger partial charge in [0.05, 0.1) is 5.52 Å². The molecule has 2 aromatic carbocycles. The van der Waals surface area contributed by atoms with Gasteiger partial charge in [0, 0.05) is 34.8 Å². The highest BCUT2D eigenvalue weighted by Gasteiger charge is 2.22. The number of hydrogen-bond acceptors (Lipinski definition) is 3. The van der Waals surface area contributed by atoms with Crippen molar-refractivity contribution in [3.63, 3.8) is 0 Å². The van der Waals surface area contributed by atoms with E-state index in [9.17, 15) is 4.79 Å². The van der Waals surface area contributed by atoms with Crippen LogP contribution in [0.15, 0.2) is 36.4 Å². The Bertz CT molecular complexity index is 1040. The van der Waals surface area contributed by atoms with E-state index in [2.05, 4.69) is 0 Å². The van der Waals surface area contributed by atoms with E-state index in [1.165, 1.54) is 0 Å². The van der Waals surface area contributed by atoms with E-state index in [4.69, 9.17) is 21.3 Å². The summed E-state index contributed by atoms with van der Waals surface area (Å²) in [5, 5.41) is 1.36. The Balaban J connectivity index is 2.32. The molecule has 146 valence electrons. The third-order valence-corrected chi connectivity index (χ3v) is 5.43. The molecule has 0 N–H and O–H groups in total. The molecule has 0 aliphatic carbocycles. The standard InChI is InChI=1S/C23H25ClN2O2/c1-6-26(7-2)23(27)28-22-18-13-19(24)15(4)12-20(18)25-16(5)21(22)17-11-9-8-10-14(17)3/h8-13H,6-7H2,1-5H3. The molecule has 3 rings (SSSR count). The largest absolute Gasteiger partial charge is 0.415 e. The molecule has 0 atom stereocenters. The number of ether oxygens (including phenoxy) is 1. The number of aromatic nitrogens is 1. The summed E-state index contributed by atoms with van der Waals surface area (Å²) in [5.41, 5.74) is 5.42. The smallest absolute Gasteiger partial charge is 0.409 e. The predicted octanol–water partition coefficient (Wildman–Crippen LogP) is 6.32. The Morgan fingerprint density at radius 2 is 1.75 bits per heavy atom. The normalized spacial score (nSPS) is 10.9. The van der Waals surface area contributed by atoms with Crippen molar-refractivity contribution in [3.05, 3.63) is 58.2 Å². The number of hydrogen-bond donors (Lipinski definition) is 0. The number of rotatable bonds is 4. The minimum atomic E-state index is -0.372. The molecule has 1 amide bonds. The van der Waals surface area contributed by atoms with Gasteiger partial charge in [-0.2, -0.15) is 0 Å². The first-order valence-electron chi connectivity index (χ1n) is 9.50. The zero-order valence-electron chi connectivity index (χ0n) is 17.0. The highest BCUT2D eigenvalue weighted by molar-refractivity contribution is 6.32. The maximum absolute atomic E-state index is 12.8. The number of carbonyl (C=O) groups excluding carboxylic acids is 1. The van der Waals surface area contributed by atoms with Crippen molar-refractivity contribution in [2.75, 3.05) is 13.1 Å². The summed E-state index contributed by atoms with van der Waals surface area (Å²) in [7, 11) is 0. The van der Waals surface area contributed by atoms with Crippen molar-refractivity contribution in [2.45, 2.75) is 34.6 Å². The second-order valence-electron chi connectivity index (χ2n) is 6.88. The van der Waals surface area contributed by atoms with Crippen molar-refractivity contribution in [1.82, 2.24) is 9.88 Å². The van der Waals surface area contributed by atoms with E-state index in [0.717, 1.165) is 38.9 Å². The van der Waals surface area contributed by atoms with Crippen molar-refractivity contribution in [1.29, 1.82) is 0 Å². The van der Waals surface area contributed by atoms with Gasteiger partial charge in [0.15, 0.2) is 5.75 Å². The molecule has 3 aromatic rings. The number of aryl methyl sites for hydroxylation is 3. The fourth-order valence-electron chi connectivity index (χ4n) is 3.39. The van der Waals surface area contributed by atoms with Crippen molar-refractivity contribution in [3.8, 4) is 16.9 Å². The van der Waals surface area contributed by atoms with Gasteiger partial charge in [-0.05, 0) is 63.4 Å². The fraction of sp³-hybridized carbons (Fsp3) is 0.304. The van der Waals surface area contributed by atoms with Gasteiger partial charge in [0.1, 0.15) is 0 Å². The molecule has 0 radical (unpaired) electrons. The van der Waals surface area contributed by atoms with Gasteiger partial charge in [-0.15, -0.1) is 0 Å². The fourth-order valence-corrected chi connectivity index (χ4v) is 3.55. The molecule has 0 fully saturated rings. The molecule has 0 unspecified atom stereocenters. The van der Waals surface area contributed by atoms with E-state index in [0.29, 0.717) is 23.9 Å². The molecule has 28 heavy (non-hydrogen) atoms. The molecule has 0 aliphatic heterocycles. The lowest BCUT2D eigenvalue weighted by molar-refractivity contribution is 0.158. The van der Waals surface area contributed by atoms with Crippen LogP contribution in [0.25, 0.3) is 22.0 Å². The summed E-state index contributed by atoms with van der Waals surface area (Å²) in [4.78, 5) is 19.2. The molecule has 0 saturated heterocycles. The van der Waals surface area contributed by atoms with E-state index < -0.39 is 0 Å². The average molecular weight is 397 g/mol. The van der Waals surface area contributed by atoms with Crippen LogP contribution in [0.4, 0.5) is 4.79 Å². The third-order valence-electron chi connectivity index (χ3n) is 5.02. The molecule has 5 heteroatoms. The zero-order chi connectivity index (χ0) is 20.4. The summed E-state index contributed by atoms with van der Waals surface area (Å²) in [6.45, 7) is 11.0. The summed E-state index contributed by atoms with van der Waals surface area (Å²) in [6.07, 6.45) is -0.372. The first-order chi connectivity index (χ1) is 13.4. The van der Waals surface area contributed by atoms with Gasteiger partial charge in [-0.3, -0.25) is 4.98 Å². The first kappa shape index (κ1) is 20.2. The van der Waals surface area contributed by atoms with Gasteiger partial charge in [-0.1, -0.05) is 35.9 Å². The molecular formula is C23H25ClN2O2. The minimum Gasteiger partial charge on any atom is -0.409 e. The van der Waals surface area contributed by atoms with Gasteiger partial charge < -0.3 is 9.64 Å². The maximum atomic E-state index is 12.8. The van der Waals surface area contributed by atoms with Crippen molar-refractivity contribution < 1.29 is 9.53 Å². The Kier molecular flexibility index (Phi) is 5.90. The van der Waals surface area contributed by atoms with E-state index >= 15 is 0 Å². The Morgan fingerprint density at radius 3 is 2.39 bits per heavy atom. The summed E-state index contributed by atoms with van der Waals surface area (Å²) in [5.74, 6) is 0.510. The topological polar surface area (TPSA) is 42.4 Å².